The van der Waals surface area contributed by atoms with Crippen molar-refractivity contribution in [2.75, 3.05) is 13.2 Å². The molecule has 0 aromatic carbocycles. The molecule has 8 atom stereocenters. The van der Waals surface area contributed by atoms with Crippen LogP contribution in [0.2, 0.25) is 0 Å². The van der Waals surface area contributed by atoms with Crippen LogP contribution >= 0.6 is 15.6 Å². The number of carbonyl (C=O) groups is 2. The Bertz CT molecular complexity index is 2200. The van der Waals surface area contributed by atoms with Gasteiger partial charge in [0, 0.05) is 11.8 Å². The lowest BCUT2D eigenvalue weighted by Crippen LogP contribution is -2.64. The molecule has 1 fully saturated rings. The van der Waals surface area contributed by atoms with Crippen molar-refractivity contribution in [2.24, 2.45) is 0 Å². The predicted molar refractivity (Wildman–Crippen MR) is 179 cm³/mol. The van der Waals surface area contributed by atoms with Crippen molar-refractivity contribution < 1.29 is 76.9 Å². The quantitative estimate of drug-likeness (QED) is 0.0505. The maximum atomic E-state index is 12.7. The minimum absolute atomic E-state index is 0.872. The molecule has 270 valence electrons. The average Bonchev–Trinajstić information content (AvgIpc) is 3.10. The van der Waals surface area contributed by atoms with E-state index < -0.39 is 83.5 Å². The standard InChI is InChI=1S/C35H24O16P2/c1-3-5-7-9-11-13-14-16-18-20-22-24-29(37)49-27(25-47-28(36)23-21-19-17-15-12-10-8-6-4-2)26-48-53(45,46)51-35-32(40)30(38)31(39)34(33(35)41)50-52(42,43)44/h27,30-35,38-41H,25-26H2,1-2H3,(H,45,46)(H2,42,43,44)/t27-,30-,31?,32-,33?,34+,35?/m1/s1. The number of esters is 2. The summed E-state index contributed by atoms with van der Waals surface area (Å²) < 4.78 is 47.5. The van der Waals surface area contributed by atoms with Gasteiger partial charge in [-0.25, -0.2) is 18.7 Å². The van der Waals surface area contributed by atoms with Gasteiger partial charge in [0.2, 0.25) is 0 Å². The maximum absolute atomic E-state index is 12.7. The van der Waals surface area contributed by atoms with Gasteiger partial charge >= 0.3 is 27.6 Å². The number of hydrogen-bond acceptors (Lipinski definition) is 13. The van der Waals surface area contributed by atoms with E-state index in [2.05, 4.69) is 123 Å². The van der Waals surface area contributed by atoms with Crippen LogP contribution in [-0.2, 0) is 41.8 Å². The highest BCUT2D eigenvalue weighted by atomic mass is 31.2. The van der Waals surface area contributed by atoms with E-state index in [1.165, 1.54) is 0 Å². The highest BCUT2D eigenvalue weighted by Crippen LogP contribution is 2.48. The summed E-state index contributed by atoms with van der Waals surface area (Å²) in [5.74, 6) is 48.4. The minimum Gasteiger partial charge on any atom is -0.452 e. The first kappa shape index (κ1) is 45.2. The molecule has 0 radical (unpaired) electrons. The van der Waals surface area contributed by atoms with Crippen molar-refractivity contribution in [2.45, 2.75) is 56.6 Å². The van der Waals surface area contributed by atoms with Crippen LogP contribution in [0, 0.1) is 130 Å². The molecule has 0 saturated heterocycles. The summed E-state index contributed by atoms with van der Waals surface area (Å²) in [6.45, 7) is 1.21. The second-order valence-electron chi connectivity index (χ2n) is 8.98. The van der Waals surface area contributed by atoms with Crippen LogP contribution in [0.15, 0.2) is 0 Å². The Morgan fingerprint density at radius 3 is 1.38 bits per heavy atom. The summed E-state index contributed by atoms with van der Waals surface area (Å²) in [6, 6.07) is 0. The molecule has 0 amide bonds. The van der Waals surface area contributed by atoms with Gasteiger partial charge < -0.3 is 44.6 Å². The number of aliphatic hydroxyl groups is 4. The van der Waals surface area contributed by atoms with Crippen LogP contribution in [-0.4, -0.2) is 103 Å². The number of ether oxygens (including phenoxy) is 2. The van der Waals surface area contributed by atoms with E-state index in [0.717, 1.165) is 0 Å². The molecule has 0 heterocycles. The molecule has 53 heavy (non-hydrogen) atoms. The normalized spacial score (nSPS) is 20.4. The van der Waals surface area contributed by atoms with E-state index in [-0.39, 0.29) is 0 Å². The van der Waals surface area contributed by atoms with E-state index in [0.29, 0.717) is 0 Å². The summed E-state index contributed by atoms with van der Waals surface area (Å²) in [7, 11) is -10.9. The molecule has 1 aliphatic carbocycles. The van der Waals surface area contributed by atoms with Gasteiger partial charge in [-0.2, -0.15) is 0 Å². The Kier molecular flexibility index (Phi) is 20.8. The van der Waals surface area contributed by atoms with Crippen molar-refractivity contribution in [3.8, 4) is 130 Å². The van der Waals surface area contributed by atoms with E-state index >= 15 is 0 Å². The highest BCUT2D eigenvalue weighted by molar-refractivity contribution is 7.47. The smallest absolute Gasteiger partial charge is 0.452 e. The molecule has 1 aliphatic rings. The molecule has 4 unspecified atom stereocenters. The lowest BCUT2D eigenvalue weighted by Gasteiger charge is -2.43. The van der Waals surface area contributed by atoms with Crippen LogP contribution < -0.4 is 0 Å². The van der Waals surface area contributed by atoms with Gasteiger partial charge in [0.1, 0.15) is 43.2 Å². The zero-order chi connectivity index (χ0) is 39.7. The van der Waals surface area contributed by atoms with Gasteiger partial charge in [-0.3, -0.25) is 13.6 Å². The Balaban J connectivity index is 3.11. The van der Waals surface area contributed by atoms with E-state index in [1.54, 1.807) is 13.8 Å². The molecule has 0 bridgehead atoms. The molecule has 16 nitrogen and oxygen atoms in total. The highest BCUT2D eigenvalue weighted by Gasteiger charge is 2.54. The van der Waals surface area contributed by atoms with Crippen LogP contribution in [0.4, 0.5) is 0 Å². The molecular formula is C35H24O16P2. The lowest BCUT2D eigenvalue weighted by molar-refractivity contribution is -0.216. The topological polar surface area (TPSA) is 256 Å². The Hall–Kier alpha value is -5.84. The van der Waals surface area contributed by atoms with Crippen molar-refractivity contribution in [1.82, 2.24) is 0 Å². The maximum Gasteiger partial charge on any atom is 0.472 e. The zero-order valence-electron chi connectivity index (χ0n) is 27.2. The molecule has 18 heteroatoms. The molecule has 1 saturated carbocycles. The summed E-state index contributed by atoms with van der Waals surface area (Å²) in [5.41, 5.74) is 0. The van der Waals surface area contributed by atoms with Gasteiger partial charge in [-0.15, -0.1) is 0 Å². The van der Waals surface area contributed by atoms with E-state index in [4.69, 9.17) is 28.3 Å². The number of aliphatic hydroxyl groups excluding tert-OH is 4. The van der Waals surface area contributed by atoms with Gasteiger partial charge in [0.25, 0.3) is 0 Å². The first-order chi connectivity index (χ1) is 25.1. The van der Waals surface area contributed by atoms with Gasteiger partial charge in [-0.05, 0) is 120 Å². The zero-order valence-corrected chi connectivity index (χ0v) is 28.9. The molecule has 0 aliphatic heterocycles. The molecular weight excluding hydrogens is 738 g/mol. The van der Waals surface area contributed by atoms with Gasteiger partial charge in [0.15, 0.2) is 6.10 Å². The monoisotopic (exact) mass is 762 g/mol. The summed E-state index contributed by atoms with van der Waals surface area (Å²) in [6.07, 6.45) is -15.7. The Morgan fingerprint density at radius 1 is 0.547 bits per heavy atom. The van der Waals surface area contributed by atoms with Crippen molar-refractivity contribution in [1.29, 1.82) is 0 Å². The number of carbonyl (C=O) groups excluding carboxylic acids is 2. The Labute approximate surface area is 304 Å². The summed E-state index contributed by atoms with van der Waals surface area (Å²) in [4.78, 5) is 52.7. The number of phosphoric ester groups is 2. The minimum atomic E-state index is -5.46. The molecule has 0 aromatic heterocycles. The SMILES string of the molecule is CC#CC#CC#CC#CC#CC#CC(=O)O[C@H](COC(=O)C#CC#CC#CC#CC#CC)COP(=O)(O)OC1C(O)[C@@H](OP(=O)(O)O)C(O)[C@@H](O)[C@H]1O. The van der Waals surface area contributed by atoms with Crippen LogP contribution in [0.5, 0.6) is 0 Å². The van der Waals surface area contributed by atoms with Crippen LogP contribution in [0.1, 0.15) is 13.8 Å². The average molecular weight is 763 g/mol. The summed E-state index contributed by atoms with van der Waals surface area (Å²) in [5, 5.41) is 40.6. The third-order valence-electron chi connectivity index (χ3n) is 5.24. The molecule has 0 spiro atoms. The fraction of sp³-hybridized carbons (Fsp3) is 0.314. The predicted octanol–water partition coefficient (Wildman–Crippen LogP) is -3.04. The second-order valence-corrected chi connectivity index (χ2v) is 11.6. The van der Waals surface area contributed by atoms with Gasteiger partial charge in [-0.1, -0.05) is 11.8 Å². The van der Waals surface area contributed by atoms with Crippen LogP contribution in [0.3, 0.4) is 0 Å². The van der Waals surface area contributed by atoms with Crippen molar-refractivity contribution in [3.63, 3.8) is 0 Å². The first-order valence-electron chi connectivity index (χ1n) is 14.0. The first-order valence-corrected chi connectivity index (χ1v) is 17.0. The van der Waals surface area contributed by atoms with E-state index in [1.807, 2.05) is 11.8 Å². The fourth-order valence-corrected chi connectivity index (χ4v) is 4.72. The third kappa shape index (κ3) is 20.0. The number of hydrogen-bond donors (Lipinski definition) is 7. The lowest BCUT2D eigenvalue weighted by atomic mass is 9.85. The second kappa shape index (κ2) is 24.4. The number of phosphoric acid groups is 2. The van der Waals surface area contributed by atoms with Gasteiger partial charge in [0.05, 0.1) is 6.61 Å². The largest absolute Gasteiger partial charge is 0.472 e. The molecule has 1 rings (SSSR count). The third-order valence-corrected chi connectivity index (χ3v) is 6.74. The Morgan fingerprint density at radius 2 is 0.943 bits per heavy atom. The summed E-state index contributed by atoms with van der Waals surface area (Å²) >= 11 is 0. The molecule has 0 aromatic rings. The number of rotatable bonds is 10. The fourth-order valence-electron chi connectivity index (χ4n) is 3.18. The van der Waals surface area contributed by atoms with Crippen molar-refractivity contribution in [3.05, 3.63) is 0 Å². The van der Waals surface area contributed by atoms with E-state index in [9.17, 15) is 44.0 Å². The van der Waals surface area contributed by atoms with Crippen LogP contribution in [0.25, 0.3) is 0 Å². The molecule has 7 N–H and O–H groups in total. The van der Waals surface area contributed by atoms with Crippen molar-refractivity contribution >= 4 is 27.6 Å².